The smallest absolute Gasteiger partial charge is 0.244 e. The predicted octanol–water partition coefficient (Wildman–Crippen LogP) is 2.36. The van der Waals surface area contributed by atoms with Crippen LogP contribution in [0.15, 0.2) is 42.5 Å². The van der Waals surface area contributed by atoms with E-state index < -0.39 is 0 Å². The fraction of sp³-hybridized carbons (Fsp3) is 0.263. The Morgan fingerprint density at radius 3 is 2.42 bits per heavy atom. The number of nitrogens with one attached hydrogen (secondary N) is 2. The highest BCUT2D eigenvalue weighted by Crippen LogP contribution is 2.21. The van der Waals surface area contributed by atoms with Gasteiger partial charge in [0.2, 0.25) is 11.8 Å². The number of carbonyl (C=O) groups excluding carboxylic acids is 2. The Bertz CT molecular complexity index is 745. The van der Waals surface area contributed by atoms with Gasteiger partial charge in [-0.05, 0) is 43.7 Å². The van der Waals surface area contributed by atoms with E-state index in [1.54, 1.807) is 0 Å². The third-order valence-corrected chi connectivity index (χ3v) is 3.70. The predicted molar refractivity (Wildman–Crippen MR) is 96.0 cm³/mol. The van der Waals surface area contributed by atoms with Gasteiger partial charge >= 0.3 is 0 Å². The van der Waals surface area contributed by atoms with Crippen molar-refractivity contribution in [1.82, 2.24) is 15.2 Å². The van der Waals surface area contributed by atoms with Crippen LogP contribution in [-0.2, 0) is 9.59 Å². The molecule has 0 saturated carbocycles. The van der Waals surface area contributed by atoms with E-state index >= 15 is 0 Å². The summed E-state index contributed by atoms with van der Waals surface area (Å²) in [6.45, 7) is 6.37. The first-order valence-corrected chi connectivity index (χ1v) is 7.93. The van der Waals surface area contributed by atoms with E-state index in [-0.39, 0.29) is 11.8 Å². The molecule has 0 bridgehead atoms. The van der Waals surface area contributed by atoms with Crippen LogP contribution in [0.3, 0.4) is 0 Å². The maximum absolute atomic E-state index is 11.8. The molecule has 1 heterocycles. The van der Waals surface area contributed by atoms with Crippen molar-refractivity contribution in [2.45, 2.75) is 20.8 Å². The third-order valence-electron chi connectivity index (χ3n) is 3.70. The van der Waals surface area contributed by atoms with Crippen molar-refractivity contribution < 1.29 is 9.59 Å². The Morgan fingerprint density at radius 1 is 1.08 bits per heavy atom. The quantitative estimate of drug-likeness (QED) is 0.632. The molecule has 0 fully saturated rings. The number of para-hydroxylation sites is 1. The third kappa shape index (κ3) is 4.59. The standard InChI is InChI=1S/C19H23N3O2/c1-14-13-17(9-10-19(24)21-12-11-20-16(3)23)15(2)22(14)18-7-5-4-6-8-18/h4-10,13H,11-12H2,1-3H3,(H,20,23)(H,21,24). The van der Waals surface area contributed by atoms with E-state index in [0.29, 0.717) is 13.1 Å². The van der Waals surface area contributed by atoms with Crippen LogP contribution < -0.4 is 10.6 Å². The van der Waals surface area contributed by atoms with Gasteiger partial charge < -0.3 is 15.2 Å². The van der Waals surface area contributed by atoms with E-state index in [0.717, 1.165) is 22.6 Å². The fourth-order valence-electron chi connectivity index (χ4n) is 2.58. The summed E-state index contributed by atoms with van der Waals surface area (Å²) in [7, 11) is 0. The highest BCUT2D eigenvalue weighted by molar-refractivity contribution is 5.92. The zero-order chi connectivity index (χ0) is 17.5. The molecule has 0 aliphatic heterocycles. The summed E-state index contributed by atoms with van der Waals surface area (Å²) in [6, 6.07) is 12.2. The molecule has 5 nitrogen and oxygen atoms in total. The molecule has 2 N–H and O–H groups in total. The summed E-state index contributed by atoms with van der Waals surface area (Å²) in [4.78, 5) is 22.6. The number of aryl methyl sites for hydroxylation is 1. The fourth-order valence-corrected chi connectivity index (χ4v) is 2.58. The van der Waals surface area contributed by atoms with Gasteiger partial charge in [-0.3, -0.25) is 9.59 Å². The molecular formula is C19H23N3O2. The van der Waals surface area contributed by atoms with Crippen LogP contribution in [0, 0.1) is 13.8 Å². The molecule has 1 aromatic carbocycles. The van der Waals surface area contributed by atoms with E-state index in [2.05, 4.69) is 33.4 Å². The second-order valence-electron chi connectivity index (χ2n) is 5.60. The molecule has 0 atom stereocenters. The minimum atomic E-state index is -0.176. The molecule has 5 heteroatoms. The first-order valence-electron chi connectivity index (χ1n) is 7.93. The number of benzene rings is 1. The Kier molecular flexibility index (Phi) is 5.95. The first-order chi connectivity index (χ1) is 11.5. The Hall–Kier alpha value is -2.82. The Balaban J connectivity index is 2.03. The largest absolute Gasteiger partial charge is 0.355 e. The van der Waals surface area contributed by atoms with Crippen molar-refractivity contribution in [3.63, 3.8) is 0 Å². The molecule has 126 valence electrons. The zero-order valence-corrected chi connectivity index (χ0v) is 14.3. The maximum Gasteiger partial charge on any atom is 0.244 e. The normalized spacial score (nSPS) is 10.8. The molecule has 0 saturated heterocycles. The van der Waals surface area contributed by atoms with Gasteiger partial charge in [-0.1, -0.05) is 18.2 Å². The highest BCUT2D eigenvalue weighted by atomic mass is 16.2. The van der Waals surface area contributed by atoms with Crippen molar-refractivity contribution in [2.75, 3.05) is 13.1 Å². The van der Waals surface area contributed by atoms with Gasteiger partial charge in [0.1, 0.15) is 0 Å². The first kappa shape index (κ1) is 17.5. The average Bonchev–Trinajstić information content (AvgIpc) is 2.84. The summed E-state index contributed by atoms with van der Waals surface area (Å²) in [5, 5.41) is 5.37. The van der Waals surface area contributed by atoms with Crippen molar-refractivity contribution in [3.8, 4) is 5.69 Å². The number of hydrogen-bond donors (Lipinski definition) is 2. The molecule has 1 aromatic heterocycles. The lowest BCUT2D eigenvalue weighted by Crippen LogP contribution is -2.32. The number of hydrogen-bond acceptors (Lipinski definition) is 2. The van der Waals surface area contributed by atoms with Gasteiger partial charge in [-0.2, -0.15) is 0 Å². The summed E-state index contributed by atoms with van der Waals surface area (Å²) in [6.07, 6.45) is 3.33. The topological polar surface area (TPSA) is 63.1 Å². The van der Waals surface area contributed by atoms with E-state index in [1.807, 2.05) is 38.1 Å². The van der Waals surface area contributed by atoms with Crippen LogP contribution in [0.5, 0.6) is 0 Å². The molecular weight excluding hydrogens is 302 g/mol. The van der Waals surface area contributed by atoms with Crippen molar-refractivity contribution in [2.24, 2.45) is 0 Å². The number of rotatable bonds is 6. The van der Waals surface area contributed by atoms with E-state index in [9.17, 15) is 9.59 Å². The molecule has 2 aromatic rings. The number of nitrogens with zero attached hydrogens (tertiary/aromatic N) is 1. The van der Waals surface area contributed by atoms with Crippen LogP contribution in [0.2, 0.25) is 0 Å². The lowest BCUT2D eigenvalue weighted by atomic mass is 10.2. The molecule has 0 unspecified atom stereocenters. The average molecular weight is 325 g/mol. The number of amides is 2. The molecule has 2 amide bonds. The van der Waals surface area contributed by atoms with Crippen LogP contribution in [0.4, 0.5) is 0 Å². The molecule has 0 aliphatic carbocycles. The summed E-state index contributed by atoms with van der Waals surface area (Å²) in [5.41, 5.74) is 4.31. The van der Waals surface area contributed by atoms with Gasteiger partial charge in [0.05, 0.1) is 0 Å². The molecule has 0 spiro atoms. The van der Waals surface area contributed by atoms with Crippen molar-refractivity contribution in [3.05, 3.63) is 59.4 Å². The Labute approximate surface area is 142 Å². The Morgan fingerprint density at radius 2 is 1.75 bits per heavy atom. The molecule has 24 heavy (non-hydrogen) atoms. The number of aromatic nitrogens is 1. The lowest BCUT2D eigenvalue weighted by molar-refractivity contribution is -0.119. The van der Waals surface area contributed by atoms with Gasteiger partial charge in [0.25, 0.3) is 0 Å². The van der Waals surface area contributed by atoms with E-state index in [1.165, 1.54) is 13.0 Å². The van der Waals surface area contributed by atoms with Crippen LogP contribution in [0.25, 0.3) is 11.8 Å². The SMILES string of the molecule is CC(=O)NCCNC(=O)C=Cc1cc(C)n(-c2ccccc2)c1C. The summed E-state index contributed by atoms with van der Waals surface area (Å²) >= 11 is 0. The second kappa shape index (κ2) is 8.15. The minimum Gasteiger partial charge on any atom is -0.355 e. The van der Waals surface area contributed by atoms with Crippen LogP contribution in [0.1, 0.15) is 23.9 Å². The monoisotopic (exact) mass is 325 g/mol. The highest BCUT2D eigenvalue weighted by Gasteiger charge is 2.08. The molecule has 2 rings (SSSR count). The maximum atomic E-state index is 11.8. The second-order valence-corrected chi connectivity index (χ2v) is 5.60. The minimum absolute atomic E-state index is 0.104. The van der Waals surface area contributed by atoms with E-state index in [4.69, 9.17) is 0 Å². The van der Waals surface area contributed by atoms with Crippen LogP contribution in [-0.4, -0.2) is 29.5 Å². The zero-order valence-electron chi connectivity index (χ0n) is 14.3. The van der Waals surface area contributed by atoms with Gasteiger partial charge in [-0.25, -0.2) is 0 Å². The number of carbonyl (C=O) groups is 2. The lowest BCUT2D eigenvalue weighted by Gasteiger charge is -2.09. The van der Waals surface area contributed by atoms with Crippen LogP contribution >= 0.6 is 0 Å². The van der Waals surface area contributed by atoms with Crippen molar-refractivity contribution in [1.29, 1.82) is 0 Å². The summed E-state index contributed by atoms with van der Waals surface area (Å²) < 4.78 is 2.16. The molecule has 0 aliphatic rings. The van der Waals surface area contributed by atoms with Gasteiger partial charge in [-0.15, -0.1) is 0 Å². The van der Waals surface area contributed by atoms with Gasteiger partial charge in [0, 0.05) is 43.2 Å². The summed E-state index contributed by atoms with van der Waals surface area (Å²) in [5.74, 6) is -0.280. The molecule has 0 radical (unpaired) electrons. The van der Waals surface area contributed by atoms with Gasteiger partial charge in [0.15, 0.2) is 0 Å². The van der Waals surface area contributed by atoms with Crippen molar-refractivity contribution >= 4 is 17.9 Å².